The lowest BCUT2D eigenvalue weighted by molar-refractivity contribution is -0.521. The molecule has 0 saturated heterocycles. The molecule has 0 unspecified atom stereocenters. The van der Waals surface area contributed by atoms with Gasteiger partial charge in [0.05, 0.1) is 22.0 Å². The van der Waals surface area contributed by atoms with Gasteiger partial charge in [0.15, 0.2) is 18.1 Å². The van der Waals surface area contributed by atoms with Gasteiger partial charge < -0.3 is 9.84 Å². The van der Waals surface area contributed by atoms with E-state index in [9.17, 15) is 15.2 Å². The van der Waals surface area contributed by atoms with Crippen molar-refractivity contribution in [3.05, 3.63) is 45.7 Å². The predicted octanol–water partition coefficient (Wildman–Crippen LogP) is 2.96. The predicted molar refractivity (Wildman–Crippen MR) is 82.9 cm³/mol. The molecule has 116 valence electrons. The van der Waals surface area contributed by atoms with Crippen LogP contribution in [0, 0.1) is 10.1 Å². The fourth-order valence-electron chi connectivity index (χ4n) is 2.65. The zero-order valence-corrected chi connectivity index (χ0v) is 13.3. The van der Waals surface area contributed by atoms with Crippen LogP contribution in [0.3, 0.4) is 0 Å². The van der Waals surface area contributed by atoms with Gasteiger partial charge in [0.25, 0.3) is 0 Å². The number of fused-ring (bicyclic) bond motifs is 2. The third-order valence-corrected chi connectivity index (χ3v) is 4.98. The second-order valence-electron chi connectivity index (χ2n) is 4.93. The number of nitro groups is 1. The molecule has 9 heteroatoms. The fourth-order valence-corrected chi connectivity index (χ4v) is 4.01. The number of benzene rings is 1. The fraction of sp³-hybridized carbons (Fsp3) is 0.0714. The third kappa shape index (κ3) is 1.95. The summed E-state index contributed by atoms with van der Waals surface area (Å²) in [6.45, 7) is 0. The molecule has 1 aliphatic heterocycles. The highest BCUT2D eigenvalue weighted by Gasteiger charge is 2.33. The first-order valence-corrected chi connectivity index (χ1v) is 7.69. The van der Waals surface area contributed by atoms with Crippen LogP contribution in [-0.2, 0) is 0 Å². The van der Waals surface area contributed by atoms with Gasteiger partial charge in [-0.1, -0.05) is 23.4 Å². The number of imidazole rings is 1. The Morgan fingerprint density at radius 2 is 2.13 bits per heavy atom. The van der Waals surface area contributed by atoms with E-state index in [1.807, 2.05) is 0 Å². The minimum atomic E-state index is -0.462. The third-order valence-electron chi connectivity index (χ3n) is 3.62. The van der Waals surface area contributed by atoms with E-state index in [4.69, 9.17) is 16.3 Å². The summed E-state index contributed by atoms with van der Waals surface area (Å²) in [5.41, 5.74) is 1.29. The van der Waals surface area contributed by atoms with E-state index >= 15 is 0 Å². The summed E-state index contributed by atoms with van der Waals surface area (Å²) in [7, 11) is 1.51. The molecule has 0 fully saturated rings. The summed E-state index contributed by atoms with van der Waals surface area (Å²) < 4.78 is 8.36. The standard InChI is InChI=1S/C14H8ClN3O4S/c1-22-10-4-11-9(3-8(10)15)17-13(19)6-16-5-7(18(20)21)2-12(23-11)14(16)17/h2-6H,1H3/p+1. The first-order chi connectivity index (χ1) is 11.0. The van der Waals surface area contributed by atoms with Crippen molar-refractivity contribution in [1.82, 2.24) is 4.57 Å². The van der Waals surface area contributed by atoms with Crippen molar-refractivity contribution in [2.24, 2.45) is 0 Å². The van der Waals surface area contributed by atoms with Gasteiger partial charge in [0, 0.05) is 12.1 Å². The number of methoxy groups -OCH3 is 1. The molecular weight excluding hydrogens is 342 g/mol. The van der Waals surface area contributed by atoms with Crippen molar-refractivity contribution < 1.29 is 19.2 Å². The van der Waals surface area contributed by atoms with Crippen LogP contribution < -0.4 is 9.14 Å². The van der Waals surface area contributed by atoms with Crippen LogP contribution in [0.4, 0.5) is 5.69 Å². The van der Waals surface area contributed by atoms with E-state index in [1.54, 1.807) is 16.7 Å². The van der Waals surface area contributed by atoms with Crippen molar-refractivity contribution in [2.75, 3.05) is 7.11 Å². The van der Waals surface area contributed by atoms with E-state index in [1.165, 1.54) is 41.7 Å². The van der Waals surface area contributed by atoms with Gasteiger partial charge in [0.2, 0.25) is 0 Å². The molecule has 1 N–H and O–H groups in total. The lowest BCUT2D eigenvalue weighted by atomic mass is 10.3. The molecule has 0 bridgehead atoms. The number of aromatic nitrogens is 2. The lowest BCUT2D eigenvalue weighted by Crippen LogP contribution is -2.22. The number of hydrogen-bond acceptors (Lipinski definition) is 5. The van der Waals surface area contributed by atoms with E-state index < -0.39 is 4.92 Å². The molecule has 0 radical (unpaired) electrons. The average Bonchev–Trinajstić information content (AvgIpc) is 2.85. The first-order valence-electron chi connectivity index (χ1n) is 6.49. The Hall–Kier alpha value is -2.45. The van der Waals surface area contributed by atoms with Gasteiger partial charge in [-0.2, -0.15) is 8.97 Å². The van der Waals surface area contributed by atoms with Crippen LogP contribution in [0.25, 0.3) is 11.3 Å². The quantitative estimate of drug-likeness (QED) is 0.341. The molecule has 0 amide bonds. The van der Waals surface area contributed by atoms with Gasteiger partial charge in [-0.25, -0.2) is 0 Å². The van der Waals surface area contributed by atoms with Crippen LogP contribution in [-0.4, -0.2) is 21.7 Å². The topological polar surface area (TPSA) is 81.6 Å². The molecule has 4 rings (SSSR count). The molecule has 0 atom stereocenters. The molecule has 3 heterocycles. The van der Waals surface area contributed by atoms with Crippen LogP contribution in [0.5, 0.6) is 11.6 Å². The van der Waals surface area contributed by atoms with Crippen LogP contribution in [0.2, 0.25) is 5.02 Å². The van der Waals surface area contributed by atoms with E-state index in [-0.39, 0.29) is 11.6 Å². The minimum absolute atomic E-state index is 0.0328. The van der Waals surface area contributed by atoms with Gasteiger partial charge >= 0.3 is 17.2 Å². The zero-order chi connectivity index (χ0) is 16.3. The molecule has 0 spiro atoms. The smallest absolute Gasteiger partial charge is 0.328 e. The molecule has 1 aliphatic rings. The van der Waals surface area contributed by atoms with Crippen molar-refractivity contribution in [1.29, 1.82) is 0 Å². The maximum Gasteiger partial charge on any atom is 0.328 e. The molecular formula is C14H9ClN3O4S+. The minimum Gasteiger partial charge on any atom is -0.495 e. The molecule has 2 aromatic heterocycles. The van der Waals surface area contributed by atoms with Gasteiger partial charge in [-0.15, -0.1) is 0 Å². The summed E-state index contributed by atoms with van der Waals surface area (Å²) in [5, 5.41) is 21.8. The summed E-state index contributed by atoms with van der Waals surface area (Å²) in [4.78, 5) is 12.1. The Bertz CT molecular complexity index is 1000. The Kier molecular flexibility index (Phi) is 2.94. The summed E-state index contributed by atoms with van der Waals surface area (Å²) in [5.74, 6) is 0.469. The van der Waals surface area contributed by atoms with E-state index in [0.717, 1.165) is 4.90 Å². The number of ether oxygens (including phenoxy) is 1. The van der Waals surface area contributed by atoms with Crippen molar-refractivity contribution in [2.45, 2.75) is 9.79 Å². The molecule has 0 saturated carbocycles. The molecule has 1 aromatic carbocycles. The lowest BCUT2D eigenvalue weighted by Gasteiger charge is -2.14. The maximum absolute atomic E-state index is 11.1. The Labute approximate surface area is 138 Å². The van der Waals surface area contributed by atoms with Crippen LogP contribution in [0.1, 0.15) is 0 Å². The second-order valence-corrected chi connectivity index (χ2v) is 6.42. The van der Waals surface area contributed by atoms with E-state index in [2.05, 4.69) is 0 Å². The molecule has 7 nitrogen and oxygen atoms in total. The van der Waals surface area contributed by atoms with Gasteiger partial charge in [-0.05, 0) is 6.07 Å². The normalized spacial score (nSPS) is 12.3. The Morgan fingerprint density at radius 1 is 1.35 bits per heavy atom. The highest BCUT2D eigenvalue weighted by atomic mass is 35.5. The van der Waals surface area contributed by atoms with Crippen LogP contribution >= 0.6 is 23.4 Å². The monoisotopic (exact) mass is 350 g/mol. The maximum atomic E-state index is 11.1. The Morgan fingerprint density at radius 3 is 2.83 bits per heavy atom. The summed E-state index contributed by atoms with van der Waals surface area (Å²) >= 11 is 7.55. The Balaban J connectivity index is 2.08. The first kappa shape index (κ1) is 14.2. The SMILES string of the molecule is COc1cc2c(cc1Cl)-n1c(O)c[n+]3cc([N+](=O)[O-])cc(c13)S2. The number of aromatic hydroxyl groups is 1. The number of nitrogens with zero attached hydrogens (tertiary/aromatic N) is 3. The number of rotatable bonds is 2. The number of halogens is 1. The van der Waals surface area contributed by atoms with Crippen molar-refractivity contribution in [3.63, 3.8) is 0 Å². The highest BCUT2D eigenvalue weighted by Crippen LogP contribution is 2.45. The van der Waals surface area contributed by atoms with Gasteiger partial charge in [0.1, 0.15) is 10.6 Å². The average molecular weight is 351 g/mol. The van der Waals surface area contributed by atoms with Crippen LogP contribution in [0.15, 0.2) is 40.4 Å². The van der Waals surface area contributed by atoms with E-state index in [0.29, 0.717) is 27.0 Å². The summed E-state index contributed by atoms with van der Waals surface area (Å²) in [6.07, 6.45) is 2.80. The highest BCUT2D eigenvalue weighted by molar-refractivity contribution is 7.99. The summed E-state index contributed by atoms with van der Waals surface area (Å²) in [6, 6.07) is 4.94. The molecule has 3 aromatic rings. The van der Waals surface area contributed by atoms with Crippen molar-refractivity contribution >= 4 is 34.7 Å². The number of hydrogen-bond donors (Lipinski definition) is 1. The zero-order valence-electron chi connectivity index (χ0n) is 11.7. The second kappa shape index (κ2) is 4.77. The van der Waals surface area contributed by atoms with Crippen molar-refractivity contribution in [3.8, 4) is 17.3 Å². The number of pyridine rings is 1. The molecule has 0 aliphatic carbocycles. The molecule has 23 heavy (non-hydrogen) atoms. The van der Waals surface area contributed by atoms with Gasteiger partial charge in [-0.3, -0.25) is 10.1 Å². The largest absolute Gasteiger partial charge is 0.495 e.